The van der Waals surface area contributed by atoms with Crippen LogP contribution in [0.15, 0.2) is 54.6 Å². The fraction of sp³-hybridized carbons (Fsp3) is 0.304. The number of amides is 1. The average Bonchev–Trinajstić information content (AvgIpc) is 3.08. The van der Waals surface area contributed by atoms with Gasteiger partial charge in [0, 0.05) is 11.4 Å². The van der Waals surface area contributed by atoms with Gasteiger partial charge in [0.05, 0.1) is 17.6 Å². The van der Waals surface area contributed by atoms with Crippen molar-refractivity contribution in [3.63, 3.8) is 0 Å². The molecule has 4 rings (SSSR count). The first kappa shape index (κ1) is 19.1. The maximum atomic E-state index is 12.3. The molecule has 150 valence electrons. The standard InChI is InChI=1S/C23H24N2O4/c1-13(2)20-12-29-23(28)25(20)18-6-4-5-15(11-18)21-14(3)9-17-10-16(22(26)27)7-8-19(17)24-21/h4-8,10-11,13,20-21,24H,3,9,12H2,1-2H3,(H,26,27)/t20-,21?/m0/s1. The second-order valence-corrected chi connectivity index (χ2v) is 7.94. The molecule has 1 fully saturated rings. The van der Waals surface area contributed by atoms with Gasteiger partial charge in [-0.25, -0.2) is 9.59 Å². The topological polar surface area (TPSA) is 78.9 Å². The molecule has 2 N–H and O–H groups in total. The summed E-state index contributed by atoms with van der Waals surface area (Å²) >= 11 is 0. The van der Waals surface area contributed by atoms with Crippen molar-refractivity contribution in [2.45, 2.75) is 32.4 Å². The molecule has 2 aliphatic rings. The normalized spacial score (nSPS) is 21.0. The summed E-state index contributed by atoms with van der Waals surface area (Å²) in [7, 11) is 0. The number of carboxylic acids is 1. The van der Waals surface area contributed by atoms with Crippen molar-refractivity contribution in [3.8, 4) is 0 Å². The highest BCUT2D eigenvalue weighted by Gasteiger charge is 2.36. The van der Waals surface area contributed by atoms with Gasteiger partial charge in [-0.15, -0.1) is 0 Å². The minimum atomic E-state index is -0.939. The fourth-order valence-electron chi connectivity index (χ4n) is 4.01. The summed E-state index contributed by atoms with van der Waals surface area (Å²) in [4.78, 5) is 25.3. The molecule has 29 heavy (non-hydrogen) atoms. The molecule has 2 aliphatic heterocycles. The van der Waals surface area contributed by atoms with Crippen LogP contribution in [0.5, 0.6) is 0 Å². The number of hydrogen-bond acceptors (Lipinski definition) is 4. The van der Waals surface area contributed by atoms with Gasteiger partial charge in [0.2, 0.25) is 0 Å². The highest BCUT2D eigenvalue weighted by molar-refractivity contribution is 5.90. The average molecular weight is 392 g/mol. The van der Waals surface area contributed by atoms with Crippen LogP contribution >= 0.6 is 0 Å². The number of hydrogen-bond donors (Lipinski definition) is 2. The maximum absolute atomic E-state index is 12.3. The van der Waals surface area contributed by atoms with Crippen LogP contribution in [0.2, 0.25) is 0 Å². The molecule has 1 amide bonds. The Morgan fingerprint density at radius 3 is 2.79 bits per heavy atom. The largest absolute Gasteiger partial charge is 0.478 e. The van der Waals surface area contributed by atoms with Crippen molar-refractivity contribution in [3.05, 3.63) is 71.3 Å². The van der Waals surface area contributed by atoms with Gasteiger partial charge >= 0.3 is 12.1 Å². The Balaban J connectivity index is 1.64. The van der Waals surface area contributed by atoms with Crippen molar-refractivity contribution in [1.82, 2.24) is 0 Å². The molecule has 2 aromatic rings. The van der Waals surface area contributed by atoms with Crippen molar-refractivity contribution >= 4 is 23.4 Å². The van der Waals surface area contributed by atoms with Crippen LogP contribution in [0.1, 0.15) is 41.4 Å². The van der Waals surface area contributed by atoms with Crippen LogP contribution in [0.4, 0.5) is 16.2 Å². The Kier molecular flexibility index (Phi) is 4.78. The Morgan fingerprint density at radius 2 is 2.07 bits per heavy atom. The summed E-state index contributed by atoms with van der Waals surface area (Å²) in [5, 5.41) is 12.7. The molecule has 0 aromatic heterocycles. The highest BCUT2D eigenvalue weighted by Crippen LogP contribution is 2.38. The SMILES string of the molecule is C=C1Cc2cc(C(=O)O)ccc2NC1c1cccc(N2C(=O)OC[C@H]2C(C)C)c1. The lowest BCUT2D eigenvalue weighted by Crippen LogP contribution is -2.37. The smallest absolute Gasteiger partial charge is 0.414 e. The summed E-state index contributed by atoms with van der Waals surface area (Å²) in [6, 6.07) is 12.9. The van der Waals surface area contributed by atoms with Crippen molar-refractivity contribution in [1.29, 1.82) is 0 Å². The van der Waals surface area contributed by atoms with Gasteiger partial charge in [0.1, 0.15) is 6.61 Å². The fourth-order valence-corrected chi connectivity index (χ4v) is 4.01. The lowest BCUT2D eigenvalue weighted by Gasteiger charge is -2.31. The van der Waals surface area contributed by atoms with Crippen LogP contribution in [0.3, 0.4) is 0 Å². The van der Waals surface area contributed by atoms with Crippen LogP contribution in [-0.2, 0) is 11.2 Å². The number of ether oxygens (including phenoxy) is 1. The third-order valence-corrected chi connectivity index (χ3v) is 5.63. The summed E-state index contributed by atoms with van der Waals surface area (Å²) in [5.74, 6) is -0.659. The number of carbonyl (C=O) groups excluding carboxylic acids is 1. The van der Waals surface area contributed by atoms with E-state index in [1.165, 1.54) is 0 Å². The van der Waals surface area contributed by atoms with Gasteiger partial charge in [-0.05, 0) is 59.4 Å². The quantitative estimate of drug-likeness (QED) is 0.742. The molecule has 0 bridgehead atoms. The maximum Gasteiger partial charge on any atom is 0.414 e. The van der Waals surface area contributed by atoms with Gasteiger partial charge in [0.15, 0.2) is 0 Å². The summed E-state index contributed by atoms with van der Waals surface area (Å²) in [6.07, 6.45) is 0.279. The number of carbonyl (C=O) groups is 2. The molecule has 0 spiro atoms. The first-order chi connectivity index (χ1) is 13.8. The van der Waals surface area contributed by atoms with E-state index < -0.39 is 5.97 Å². The molecule has 2 heterocycles. The van der Waals surface area contributed by atoms with Crippen LogP contribution in [-0.4, -0.2) is 29.8 Å². The number of cyclic esters (lactones) is 1. The second kappa shape index (κ2) is 7.28. The van der Waals surface area contributed by atoms with Crippen LogP contribution in [0, 0.1) is 5.92 Å². The van der Waals surface area contributed by atoms with E-state index in [0.717, 1.165) is 28.1 Å². The summed E-state index contributed by atoms with van der Waals surface area (Å²) in [6.45, 7) is 8.77. The van der Waals surface area contributed by atoms with Gasteiger partial charge in [0.25, 0.3) is 0 Å². The van der Waals surface area contributed by atoms with Crippen molar-refractivity contribution in [2.24, 2.45) is 5.92 Å². The van der Waals surface area contributed by atoms with Crippen molar-refractivity contribution in [2.75, 3.05) is 16.8 Å². The molecule has 0 radical (unpaired) electrons. The summed E-state index contributed by atoms with van der Waals surface area (Å²) in [5.41, 5.74) is 4.85. The van der Waals surface area contributed by atoms with Gasteiger partial charge < -0.3 is 15.2 Å². The number of rotatable bonds is 4. The number of nitrogens with zero attached hydrogens (tertiary/aromatic N) is 1. The molecule has 0 saturated carbocycles. The van der Waals surface area contributed by atoms with Gasteiger partial charge in [-0.2, -0.15) is 0 Å². The van der Waals surface area contributed by atoms with Gasteiger partial charge in [-0.1, -0.05) is 32.6 Å². The zero-order valence-corrected chi connectivity index (χ0v) is 16.5. The monoisotopic (exact) mass is 392 g/mol. The zero-order valence-electron chi connectivity index (χ0n) is 16.5. The van der Waals surface area contributed by atoms with E-state index in [1.807, 2.05) is 24.3 Å². The van der Waals surface area contributed by atoms with E-state index >= 15 is 0 Å². The van der Waals surface area contributed by atoms with E-state index in [2.05, 4.69) is 25.7 Å². The number of fused-ring (bicyclic) bond motifs is 1. The molecule has 1 unspecified atom stereocenters. The van der Waals surface area contributed by atoms with E-state index in [9.17, 15) is 14.7 Å². The highest BCUT2D eigenvalue weighted by atomic mass is 16.6. The van der Waals surface area contributed by atoms with Crippen LogP contribution in [0.25, 0.3) is 0 Å². The lowest BCUT2D eigenvalue weighted by molar-refractivity contribution is 0.0696. The molecule has 1 saturated heterocycles. The number of nitrogens with one attached hydrogen (secondary N) is 1. The Labute approximate surface area is 169 Å². The number of benzene rings is 2. The van der Waals surface area contributed by atoms with E-state index in [4.69, 9.17) is 4.74 Å². The van der Waals surface area contributed by atoms with E-state index in [1.54, 1.807) is 23.1 Å². The molecular weight excluding hydrogens is 368 g/mol. The molecular formula is C23H24N2O4. The second-order valence-electron chi connectivity index (χ2n) is 7.94. The molecule has 0 aliphatic carbocycles. The number of anilines is 2. The van der Waals surface area contributed by atoms with Gasteiger partial charge in [-0.3, -0.25) is 4.90 Å². The predicted octanol–water partition coefficient (Wildman–Crippen LogP) is 4.63. The summed E-state index contributed by atoms with van der Waals surface area (Å²) < 4.78 is 5.28. The molecule has 6 heteroatoms. The van der Waals surface area contributed by atoms with E-state index in [0.29, 0.717) is 13.0 Å². The number of carboxylic acid groups (broad SMARTS) is 1. The van der Waals surface area contributed by atoms with Crippen LogP contribution < -0.4 is 10.2 Å². The third kappa shape index (κ3) is 3.46. The minimum absolute atomic E-state index is 0.00966. The molecule has 2 aromatic carbocycles. The zero-order chi connectivity index (χ0) is 20.7. The first-order valence-corrected chi connectivity index (χ1v) is 9.71. The Bertz CT molecular complexity index is 998. The van der Waals surface area contributed by atoms with Crippen molar-refractivity contribution < 1.29 is 19.4 Å². The third-order valence-electron chi connectivity index (χ3n) is 5.63. The molecule has 6 nitrogen and oxygen atoms in total. The molecule has 2 atom stereocenters. The minimum Gasteiger partial charge on any atom is -0.478 e. The van der Waals surface area contributed by atoms with E-state index in [-0.39, 0.29) is 29.7 Å². The lowest BCUT2D eigenvalue weighted by atomic mass is 9.88. The Morgan fingerprint density at radius 1 is 1.28 bits per heavy atom. The predicted molar refractivity (Wildman–Crippen MR) is 112 cm³/mol. The number of aromatic carboxylic acids is 1. The first-order valence-electron chi connectivity index (χ1n) is 9.71. The Hall–Kier alpha value is -3.28.